The van der Waals surface area contributed by atoms with Crippen LogP contribution in [0.2, 0.25) is 5.02 Å². The van der Waals surface area contributed by atoms with Crippen molar-refractivity contribution in [1.29, 1.82) is 0 Å². The SMILES string of the molecule is CCN1CCN([C@@H](C)C(=O)Nc2cc(C)c(Cl)cc2OC)CC1. The number of rotatable bonds is 5. The molecule has 6 heteroatoms. The fraction of sp³-hybridized carbons (Fsp3) is 0.588. The van der Waals surface area contributed by atoms with E-state index in [1.54, 1.807) is 13.2 Å². The zero-order chi connectivity index (χ0) is 17.0. The second-order valence-corrected chi connectivity index (χ2v) is 6.34. The maximum Gasteiger partial charge on any atom is 0.241 e. The molecular formula is C17H26ClN3O2. The molecule has 0 radical (unpaired) electrons. The average Bonchev–Trinajstić information content (AvgIpc) is 2.57. The molecular weight excluding hydrogens is 314 g/mol. The number of methoxy groups -OCH3 is 1. The second-order valence-electron chi connectivity index (χ2n) is 5.94. The number of carbonyl (C=O) groups is 1. The third-order valence-corrected chi connectivity index (χ3v) is 4.93. The molecule has 0 saturated carbocycles. The number of hydrogen-bond donors (Lipinski definition) is 1. The highest BCUT2D eigenvalue weighted by Crippen LogP contribution is 2.31. The first-order valence-corrected chi connectivity index (χ1v) is 8.45. The van der Waals surface area contributed by atoms with Crippen LogP contribution in [0.1, 0.15) is 19.4 Å². The summed E-state index contributed by atoms with van der Waals surface area (Å²) in [4.78, 5) is 17.2. The summed E-state index contributed by atoms with van der Waals surface area (Å²) in [6.07, 6.45) is 0. The van der Waals surface area contributed by atoms with Gasteiger partial charge in [0.25, 0.3) is 0 Å². The minimum absolute atomic E-state index is 0.0185. The lowest BCUT2D eigenvalue weighted by Gasteiger charge is -2.36. The first-order chi connectivity index (χ1) is 11.0. The molecule has 5 nitrogen and oxygen atoms in total. The topological polar surface area (TPSA) is 44.8 Å². The van der Waals surface area contributed by atoms with Gasteiger partial charge in [0.15, 0.2) is 0 Å². The van der Waals surface area contributed by atoms with Crippen LogP contribution in [0.25, 0.3) is 0 Å². The summed E-state index contributed by atoms with van der Waals surface area (Å²) in [6, 6.07) is 3.41. The molecule has 0 aliphatic carbocycles. The van der Waals surface area contributed by atoms with Crippen LogP contribution in [0, 0.1) is 6.92 Å². The van der Waals surface area contributed by atoms with Gasteiger partial charge in [-0.15, -0.1) is 0 Å². The molecule has 0 spiro atoms. The fourth-order valence-corrected chi connectivity index (χ4v) is 2.95. The van der Waals surface area contributed by atoms with Gasteiger partial charge >= 0.3 is 0 Å². The van der Waals surface area contributed by atoms with E-state index in [0.717, 1.165) is 38.3 Å². The smallest absolute Gasteiger partial charge is 0.241 e. The number of piperazine rings is 1. The number of hydrogen-bond acceptors (Lipinski definition) is 4. The van der Waals surface area contributed by atoms with Gasteiger partial charge in [0.2, 0.25) is 5.91 Å². The maximum atomic E-state index is 12.6. The van der Waals surface area contributed by atoms with Gasteiger partial charge < -0.3 is 15.0 Å². The van der Waals surface area contributed by atoms with Crippen molar-refractivity contribution in [1.82, 2.24) is 9.80 Å². The summed E-state index contributed by atoms with van der Waals surface area (Å²) in [5.74, 6) is 0.562. The van der Waals surface area contributed by atoms with Crippen LogP contribution in [-0.4, -0.2) is 61.6 Å². The van der Waals surface area contributed by atoms with Crippen LogP contribution >= 0.6 is 11.6 Å². The maximum absolute atomic E-state index is 12.6. The number of ether oxygens (including phenoxy) is 1. The fourth-order valence-electron chi connectivity index (χ4n) is 2.80. The van der Waals surface area contributed by atoms with E-state index in [-0.39, 0.29) is 11.9 Å². The van der Waals surface area contributed by atoms with Crippen LogP contribution in [0.3, 0.4) is 0 Å². The quantitative estimate of drug-likeness (QED) is 0.895. The van der Waals surface area contributed by atoms with Gasteiger partial charge in [0.05, 0.1) is 18.8 Å². The summed E-state index contributed by atoms with van der Waals surface area (Å²) in [6.45, 7) is 10.9. The Hall–Kier alpha value is -1.30. The summed E-state index contributed by atoms with van der Waals surface area (Å²) < 4.78 is 5.32. The Bertz CT molecular complexity index is 557. The number of nitrogens with zero attached hydrogens (tertiary/aromatic N) is 2. The van der Waals surface area contributed by atoms with Crippen LogP contribution in [0.15, 0.2) is 12.1 Å². The van der Waals surface area contributed by atoms with Crippen molar-refractivity contribution in [3.63, 3.8) is 0 Å². The van der Waals surface area contributed by atoms with Crippen LogP contribution in [0.5, 0.6) is 5.75 Å². The molecule has 1 aromatic rings. The van der Waals surface area contributed by atoms with E-state index in [0.29, 0.717) is 16.5 Å². The summed E-state index contributed by atoms with van der Waals surface area (Å²) in [7, 11) is 1.57. The highest BCUT2D eigenvalue weighted by atomic mass is 35.5. The van der Waals surface area contributed by atoms with Crippen molar-refractivity contribution in [2.75, 3.05) is 45.2 Å². The predicted octanol–water partition coefficient (Wildman–Crippen LogP) is 2.62. The van der Waals surface area contributed by atoms with E-state index in [1.807, 2.05) is 19.9 Å². The second kappa shape index (κ2) is 7.99. The van der Waals surface area contributed by atoms with Gasteiger partial charge in [-0.05, 0) is 32.0 Å². The van der Waals surface area contributed by atoms with Crippen molar-refractivity contribution in [2.24, 2.45) is 0 Å². The van der Waals surface area contributed by atoms with Crippen LogP contribution < -0.4 is 10.1 Å². The Labute approximate surface area is 143 Å². The molecule has 1 atom stereocenters. The largest absolute Gasteiger partial charge is 0.495 e. The molecule has 1 N–H and O–H groups in total. The summed E-state index contributed by atoms with van der Waals surface area (Å²) in [5.41, 5.74) is 1.57. The average molecular weight is 340 g/mol. The normalized spacial score (nSPS) is 17.8. The Morgan fingerprint density at radius 3 is 2.57 bits per heavy atom. The lowest BCUT2D eigenvalue weighted by atomic mass is 10.1. The van der Waals surface area contributed by atoms with Crippen molar-refractivity contribution in [3.8, 4) is 5.75 Å². The van der Waals surface area contributed by atoms with Crippen molar-refractivity contribution in [2.45, 2.75) is 26.8 Å². The van der Waals surface area contributed by atoms with E-state index >= 15 is 0 Å². The first kappa shape index (κ1) is 18.0. The third-order valence-electron chi connectivity index (χ3n) is 4.52. The molecule has 0 bridgehead atoms. The van der Waals surface area contributed by atoms with Crippen molar-refractivity contribution < 1.29 is 9.53 Å². The van der Waals surface area contributed by atoms with E-state index in [1.165, 1.54) is 0 Å². The summed E-state index contributed by atoms with van der Waals surface area (Å²) in [5, 5.41) is 3.60. The standard InChI is InChI=1S/C17H26ClN3O2/c1-5-20-6-8-21(9-7-20)13(3)17(22)19-15-10-12(2)14(18)11-16(15)23-4/h10-11,13H,5-9H2,1-4H3,(H,19,22)/t13-/m0/s1. The van der Waals surface area contributed by atoms with Crippen LogP contribution in [0.4, 0.5) is 5.69 Å². The summed E-state index contributed by atoms with van der Waals surface area (Å²) >= 11 is 6.11. The minimum Gasteiger partial charge on any atom is -0.495 e. The predicted molar refractivity (Wildman–Crippen MR) is 94.5 cm³/mol. The molecule has 1 aliphatic heterocycles. The number of anilines is 1. The third kappa shape index (κ3) is 4.37. The van der Waals surface area contributed by atoms with E-state index in [2.05, 4.69) is 22.0 Å². The van der Waals surface area contributed by atoms with Crippen molar-refractivity contribution in [3.05, 3.63) is 22.7 Å². The van der Waals surface area contributed by atoms with Gasteiger partial charge in [-0.3, -0.25) is 9.69 Å². The van der Waals surface area contributed by atoms with Gasteiger partial charge in [-0.1, -0.05) is 18.5 Å². The number of benzene rings is 1. The Kier molecular flexibility index (Phi) is 6.27. The number of halogens is 1. The molecule has 128 valence electrons. The van der Waals surface area contributed by atoms with Gasteiger partial charge in [0.1, 0.15) is 5.75 Å². The Morgan fingerprint density at radius 2 is 2.00 bits per heavy atom. The van der Waals surface area contributed by atoms with Crippen LogP contribution in [-0.2, 0) is 4.79 Å². The lowest BCUT2D eigenvalue weighted by Crippen LogP contribution is -2.52. The molecule has 1 aromatic carbocycles. The zero-order valence-corrected chi connectivity index (χ0v) is 15.1. The van der Waals surface area contributed by atoms with Crippen molar-refractivity contribution >= 4 is 23.2 Å². The molecule has 0 unspecified atom stereocenters. The van der Waals surface area contributed by atoms with Gasteiger partial charge in [0, 0.05) is 37.3 Å². The molecule has 1 heterocycles. The van der Waals surface area contributed by atoms with E-state index in [4.69, 9.17) is 16.3 Å². The highest BCUT2D eigenvalue weighted by Gasteiger charge is 2.25. The highest BCUT2D eigenvalue weighted by molar-refractivity contribution is 6.31. The van der Waals surface area contributed by atoms with Gasteiger partial charge in [-0.2, -0.15) is 0 Å². The zero-order valence-electron chi connectivity index (χ0n) is 14.4. The molecule has 1 aliphatic rings. The Morgan fingerprint density at radius 1 is 1.35 bits per heavy atom. The number of likely N-dealkylation sites (N-methyl/N-ethyl adjacent to an activating group) is 1. The van der Waals surface area contributed by atoms with E-state index in [9.17, 15) is 4.79 Å². The van der Waals surface area contributed by atoms with Gasteiger partial charge in [-0.25, -0.2) is 0 Å². The molecule has 2 rings (SSSR count). The first-order valence-electron chi connectivity index (χ1n) is 8.07. The monoisotopic (exact) mass is 339 g/mol. The lowest BCUT2D eigenvalue weighted by molar-refractivity contribution is -0.121. The molecule has 1 amide bonds. The molecule has 0 aromatic heterocycles. The number of carbonyl (C=O) groups excluding carboxylic acids is 1. The molecule has 23 heavy (non-hydrogen) atoms. The Balaban J connectivity index is 2.03. The molecule has 1 fully saturated rings. The number of nitrogens with one attached hydrogen (secondary N) is 1. The van der Waals surface area contributed by atoms with E-state index < -0.39 is 0 Å². The molecule has 1 saturated heterocycles. The minimum atomic E-state index is -0.172. The number of aryl methyl sites for hydroxylation is 1. The number of amides is 1.